The van der Waals surface area contributed by atoms with Crippen LogP contribution in [0.1, 0.15) is 25.3 Å². The minimum atomic E-state index is -0.824. The molecule has 1 atom stereocenters. The van der Waals surface area contributed by atoms with Gasteiger partial charge in [-0.25, -0.2) is 9.18 Å². The van der Waals surface area contributed by atoms with Crippen LogP contribution in [0.15, 0.2) is 24.3 Å². The maximum Gasteiger partial charge on any atom is 0.314 e. The van der Waals surface area contributed by atoms with Crippen molar-refractivity contribution in [3.63, 3.8) is 0 Å². The molecule has 0 aromatic heterocycles. The Bertz CT molecular complexity index is 480. The monoisotopic (exact) mass is 296 g/mol. The molecule has 0 heterocycles. The third-order valence-corrected chi connectivity index (χ3v) is 3.11. The lowest BCUT2D eigenvalue weighted by molar-refractivity contribution is -0.141. The van der Waals surface area contributed by atoms with E-state index in [-0.39, 0.29) is 11.8 Å². The Morgan fingerprint density at radius 1 is 1.29 bits per heavy atom. The normalized spacial score (nSPS) is 11.7. The fourth-order valence-corrected chi connectivity index (χ4v) is 1.81. The molecule has 1 aromatic carbocycles. The van der Waals surface area contributed by atoms with Gasteiger partial charge in [-0.1, -0.05) is 19.1 Å². The van der Waals surface area contributed by atoms with Gasteiger partial charge in [-0.15, -0.1) is 0 Å². The van der Waals surface area contributed by atoms with Crippen LogP contribution in [0.25, 0.3) is 0 Å². The number of carboxylic acids is 1. The Kier molecular flexibility index (Phi) is 7.21. The van der Waals surface area contributed by atoms with Crippen LogP contribution in [0.3, 0.4) is 0 Å². The summed E-state index contributed by atoms with van der Waals surface area (Å²) in [7, 11) is 0. The summed E-state index contributed by atoms with van der Waals surface area (Å²) < 4.78 is 12.9. The summed E-state index contributed by atoms with van der Waals surface area (Å²) in [5.74, 6) is -1.51. The van der Waals surface area contributed by atoms with E-state index in [9.17, 15) is 14.0 Å². The molecule has 0 radical (unpaired) electrons. The maximum absolute atomic E-state index is 12.9. The van der Waals surface area contributed by atoms with Gasteiger partial charge in [0, 0.05) is 13.1 Å². The van der Waals surface area contributed by atoms with E-state index in [2.05, 4.69) is 10.6 Å². The van der Waals surface area contributed by atoms with Gasteiger partial charge in [0.2, 0.25) is 0 Å². The first-order chi connectivity index (χ1) is 9.99. The van der Waals surface area contributed by atoms with Crippen molar-refractivity contribution in [2.75, 3.05) is 13.1 Å². The van der Waals surface area contributed by atoms with E-state index in [1.54, 1.807) is 19.1 Å². The summed E-state index contributed by atoms with van der Waals surface area (Å²) in [6.07, 6.45) is 1.70. The second kappa shape index (κ2) is 8.94. The minimum Gasteiger partial charge on any atom is -0.481 e. The Morgan fingerprint density at radius 3 is 2.67 bits per heavy atom. The van der Waals surface area contributed by atoms with E-state index < -0.39 is 11.9 Å². The van der Waals surface area contributed by atoms with E-state index in [0.717, 1.165) is 5.56 Å². The molecule has 1 rings (SSSR count). The van der Waals surface area contributed by atoms with E-state index in [1.165, 1.54) is 12.1 Å². The first-order valence-electron chi connectivity index (χ1n) is 6.98. The van der Waals surface area contributed by atoms with Crippen molar-refractivity contribution < 1.29 is 19.1 Å². The third kappa shape index (κ3) is 7.29. The number of carbonyl (C=O) groups excluding carboxylic acids is 1. The van der Waals surface area contributed by atoms with E-state index in [0.29, 0.717) is 32.4 Å². The van der Waals surface area contributed by atoms with Crippen molar-refractivity contribution in [3.8, 4) is 0 Å². The highest BCUT2D eigenvalue weighted by molar-refractivity contribution is 5.73. The number of halogens is 1. The number of aliphatic carboxylic acids is 1. The molecule has 0 saturated heterocycles. The molecule has 116 valence electrons. The van der Waals surface area contributed by atoms with Crippen molar-refractivity contribution in [1.82, 2.24) is 10.6 Å². The minimum absolute atomic E-state index is 0.287. The Labute approximate surface area is 123 Å². The standard InChI is InChI=1S/C15H21FN2O3/c1-11(14(19)20)4-3-8-17-15(21)18-9-7-12-5-2-6-13(16)10-12/h2,5-6,10-11H,3-4,7-9H2,1H3,(H,19,20)(H2,17,18,21). The zero-order valence-corrected chi connectivity index (χ0v) is 12.1. The van der Waals surface area contributed by atoms with Crippen molar-refractivity contribution >= 4 is 12.0 Å². The van der Waals surface area contributed by atoms with Gasteiger partial charge in [-0.05, 0) is 37.0 Å². The predicted octanol–water partition coefficient (Wildman–Crippen LogP) is 2.17. The largest absolute Gasteiger partial charge is 0.481 e. The molecule has 0 fully saturated rings. The van der Waals surface area contributed by atoms with Crippen LogP contribution in [0.4, 0.5) is 9.18 Å². The molecule has 6 heteroatoms. The fourth-order valence-electron chi connectivity index (χ4n) is 1.81. The summed E-state index contributed by atoms with van der Waals surface area (Å²) in [5.41, 5.74) is 0.825. The summed E-state index contributed by atoms with van der Waals surface area (Å²) in [6, 6.07) is 5.95. The van der Waals surface area contributed by atoms with E-state index >= 15 is 0 Å². The maximum atomic E-state index is 12.9. The Hall–Kier alpha value is -2.11. The number of urea groups is 1. The molecule has 5 nitrogen and oxygen atoms in total. The van der Waals surface area contributed by atoms with Crippen LogP contribution in [-0.4, -0.2) is 30.2 Å². The number of benzene rings is 1. The number of amides is 2. The molecule has 2 amide bonds. The molecule has 0 spiro atoms. The third-order valence-electron chi connectivity index (χ3n) is 3.11. The molecule has 1 unspecified atom stereocenters. The first kappa shape index (κ1) is 16.9. The van der Waals surface area contributed by atoms with Gasteiger partial charge in [0.05, 0.1) is 5.92 Å². The molecule has 0 aliphatic rings. The van der Waals surface area contributed by atoms with Gasteiger partial charge in [0.15, 0.2) is 0 Å². The number of carbonyl (C=O) groups is 2. The predicted molar refractivity (Wildman–Crippen MR) is 77.5 cm³/mol. The summed E-state index contributed by atoms with van der Waals surface area (Å²) >= 11 is 0. The summed E-state index contributed by atoms with van der Waals surface area (Å²) in [5, 5.41) is 14.0. The second-order valence-electron chi connectivity index (χ2n) is 4.94. The Balaban J connectivity index is 2.10. The number of rotatable bonds is 8. The lowest BCUT2D eigenvalue weighted by atomic mass is 10.1. The van der Waals surface area contributed by atoms with Gasteiger partial charge in [-0.2, -0.15) is 0 Å². The summed E-state index contributed by atoms with van der Waals surface area (Å²) in [6.45, 7) is 2.49. The highest BCUT2D eigenvalue weighted by Gasteiger charge is 2.09. The smallest absolute Gasteiger partial charge is 0.314 e. The van der Waals surface area contributed by atoms with Crippen LogP contribution in [0, 0.1) is 11.7 Å². The molecular formula is C15H21FN2O3. The summed E-state index contributed by atoms with van der Waals surface area (Å²) in [4.78, 5) is 22.1. The van der Waals surface area contributed by atoms with Gasteiger partial charge in [-0.3, -0.25) is 4.79 Å². The number of hydrogen-bond acceptors (Lipinski definition) is 2. The quantitative estimate of drug-likeness (QED) is 0.643. The van der Waals surface area contributed by atoms with Gasteiger partial charge < -0.3 is 15.7 Å². The molecule has 0 aliphatic carbocycles. The van der Waals surface area contributed by atoms with Crippen molar-refractivity contribution in [2.24, 2.45) is 5.92 Å². The molecule has 21 heavy (non-hydrogen) atoms. The second-order valence-corrected chi connectivity index (χ2v) is 4.94. The highest BCUT2D eigenvalue weighted by Crippen LogP contribution is 2.04. The molecule has 3 N–H and O–H groups in total. The van der Waals surface area contributed by atoms with Crippen LogP contribution in [-0.2, 0) is 11.2 Å². The van der Waals surface area contributed by atoms with Crippen LogP contribution < -0.4 is 10.6 Å². The number of carboxylic acid groups (broad SMARTS) is 1. The van der Waals surface area contributed by atoms with Gasteiger partial charge in [0.25, 0.3) is 0 Å². The zero-order valence-electron chi connectivity index (χ0n) is 12.1. The lowest BCUT2D eigenvalue weighted by Crippen LogP contribution is -2.37. The SMILES string of the molecule is CC(CCCNC(=O)NCCc1cccc(F)c1)C(=O)O. The molecular weight excluding hydrogens is 275 g/mol. The Morgan fingerprint density at radius 2 is 2.00 bits per heavy atom. The first-order valence-corrected chi connectivity index (χ1v) is 6.98. The van der Waals surface area contributed by atoms with Crippen molar-refractivity contribution in [2.45, 2.75) is 26.2 Å². The highest BCUT2D eigenvalue weighted by atomic mass is 19.1. The molecule has 1 aromatic rings. The topological polar surface area (TPSA) is 78.4 Å². The molecule has 0 bridgehead atoms. The van der Waals surface area contributed by atoms with Crippen LogP contribution in [0.2, 0.25) is 0 Å². The lowest BCUT2D eigenvalue weighted by Gasteiger charge is -2.09. The molecule has 0 saturated carbocycles. The number of hydrogen-bond donors (Lipinski definition) is 3. The average Bonchev–Trinajstić information content (AvgIpc) is 2.43. The van der Waals surface area contributed by atoms with Crippen molar-refractivity contribution in [3.05, 3.63) is 35.6 Å². The number of nitrogens with one attached hydrogen (secondary N) is 2. The van der Waals surface area contributed by atoms with Crippen molar-refractivity contribution in [1.29, 1.82) is 0 Å². The molecule has 0 aliphatic heterocycles. The van der Waals surface area contributed by atoms with Gasteiger partial charge >= 0.3 is 12.0 Å². The zero-order chi connectivity index (χ0) is 15.7. The van der Waals surface area contributed by atoms with E-state index in [4.69, 9.17) is 5.11 Å². The van der Waals surface area contributed by atoms with Crippen LogP contribution >= 0.6 is 0 Å². The van der Waals surface area contributed by atoms with Crippen LogP contribution in [0.5, 0.6) is 0 Å². The van der Waals surface area contributed by atoms with E-state index in [1.807, 2.05) is 0 Å². The van der Waals surface area contributed by atoms with Gasteiger partial charge in [0.1, 0.15) is 5.82 Å². The fraction of sp³-hybridized carbons (Fsp3) is 0.467. The average molecular weight is 296 g/mol.